The van der Waals surface area contributed by atoms with Crippen LogP contribution in [0.15, 0.2) is 199 Å². The van der Waals surface area contributed by atoms with E-state index in [4.69, 9.17) is 4.42 Å². The normalized spacial score (nSPS) is 12.1. The lowest BCUT2D eigenvalue weighted by atomic mass is 9.84. The van der Waals surface area contributed by atoms with Crippen LogP contribution >= 0.6 is 11.3 Å². The van der Waals surface area contributed by atoms with Crippen LogP contribution in [0.3, 0.4) is 0 Å². The monoisotopic (exact) mass is 752 g/mol. The van der Waals surface area contributed by atoms with Crippen molar-refractivity contribution in [3.8, 4) is 33.4 Å². The first-order valence-corrected chi connectivity index (χ1v) is 20.7. The molecular weight excluding hydrogens is 721 g/mol. The molecule has 13 aromatic rings. The third kappa shape index (κ3) is 4.52. The van der Waals surface area contributed by atoms with Crippen molar-refractivity contribution < 1.29 is 4.42 Å². The summed E-state index contributed by atoms with van der Waals surface area (Å²) < 4.78 is 9.33. The molecule has 0 fully saturated rings. The molecule has 268 valence electrons. The Kier molecular flexibility index (Phi) is 6.66. The number of furan rings is 1. The van der Waals surface area contributed by atoms with Crippen molar-refractivity contribution in [3.05, 3.63) is 194 Å². The van der Waals surface area contributed by atoms with Gasteiger partial charge in [-0.05, 0) is 124 Å². The maximum atomic E-state index is 6.73. The molecule has 0 radical (unpaired) electrons. The third-order valence-electron chi connectivity index (χ3n) is 12.4. The van der Waals surface area contributed by atoms with Gasteiger partial charge >= 0.3 is 0 Å². The Hall–Kier alpha value is -7.26. The van der Waals surface area contributed by atoms with Crippen LogP contribution < -0.4 is 0 Å². The topological polar surface area (TPSA) is 13.1 Å². The van der Waals surface area contributed by atoms with Crippen LogP contribution in [-0.4, -0.2) is 0 Å². The lowest BCUT2D eigenvalue weighted by Crippen LogP contribution is -1.91. The number of rotatable bonds is 3. The van der Waals surface area contributed by atoms with Gasteiger partial charge in [0.2, 0.25) is 0 Å². The smallest absolute Gasteiger partial charge is 0.136 e. The zero-order chi connectivity index (χ0) is 37.9. The number of fused-ring (bicyclic) bond motifs is 13. The van der Waals surface area contributed by atoms with Crippen molar-refractivity contribution in [2.75, 3.05) is 0 Å². The Labute approximate surface area is 337 Å². The van der Waals surface area contributed by atoms with Gasteiger partial charge in [-0.3, -0.25) is 0 Å². The Morgan fingerprint density at radius 3 is 1.64 bits per heavy atom. The molecule has 0 bridgehead atoms. The van der Waals surface area contributed by atoms with E-state index >= 15 is 0 Å². The van der Waals surface area contributed by atoms with E-state index in [2.05, 4.69) is 194 Å². The molecule has 0 atom stereocenters. The lowest BCUT2D eigenvalue weighted by Gasteiger charge is -2.19. The first-order chi connectivity index (χ1) is 28.8. The van der Waals surface area contributed by atoms with E-state index in [-0.39, 0.29) is 0 Å². The van der Waals surface area contributed by atoms with Crippen molar-refractivity contribution in [2.24, 2.45) is 0 Å². The minimum Gasteiger partial charge on any atom is -0.456 e. The quantitative estimate of drug-likeness (QED) is 0.164. The van der Waals surface area contributed by atoms with Gasteiger partial charge in [-0.2, -0.15) is 0 Å². The molecule has 0 aliphatic heterocycles. The SMILES string of the molecule is c1ccc2c(-c3c4ccccc4c(-c4ccc5cc(-c6cc7oc8ccc9sc%10ccccc%10c9c8c7c7ccccc67)ccc5c4)c4ccccc34)cccc2c1. The Bertz CT molecular complexity index is 3800. The van der Waals surface area contributed by atoms with Crippen LogP contribution in [0.1, 0.15) is 0 Å². The van der Waals surface area contributed by atoms with E-state index in [1.165, 1.54) is 118 Å². The van der Waals surface area contributed by atoms with Gasteiger partial charge < -0.3 is 4.42 Å². The van der Waals surface area contributed by atoms with Gasteiger partial charge in [0.05, 0.1) is 0 Å². The minimum absolute atomic E-state index is 0.924. The summed E-state index contributed by atoms with van der Waals surface area (Å²) in [5.74, 6) is 0. The lowest BCUT2D eigenvalue weighted by molar-refractivity contribution is 0.669. The molecule has 13 rings (SSSR count). The van der Waals surface area contributed by atoms with Gasteiger partial charge in [-0.15, -0.1) is 11.3 Å². The zero-order valence-electron chi connectivity index (χ0n) is 31.3. The summed E-state index contributed by atoms with van der Waals surface area (Å²) >= 11 is 1.85. The van der Waals surface area contributed by atoms with Gasteiger partial charge in [-0.1, -0.05) is 158 Å². The molecule has 0 aliphatic carbocycles. The first kappa shape index (κ1) is 31.9. The summed E-state index contributed by atoms with van der Waals surface area (Å²) in [6.07, 6.45) is 0. The summed E-state index contributed by atoms with van der Waals surface area (Å²) in [6.45, 7) is 0. The predicted octanol–water partition coefficient (Wildman–Crippen LogP) is 16.7. The third-order valence-corrected chi connectivity index (χ3v) is 13.5. The highest BCUT2D eigenvalue weighted by Crippen LogP contribution is 2.48. The summed E-state index contributed by atoms with van der Waals surface area (Å²) in [5.41, 5.74) is 9.27. The molecule has 0 spiro atoms. The standard InChI is InChI=1S/C56H32OS/c1-2-14-38-33(12-1)13-11-22-40(38)53-44-19-7-5-17-42(44)52(43-18-6-8-20-45(43)53)37-27-25-34-30-36(26-24-35(34)31-37)47-32-49-54(41-16-4-3-15-39(41)47)56-48(57-49)28-29-51-55(56)46-21-9-10-23-50(46)58-51/h1-32H. The summed E-state index contributed by atoms with van der Waals surface area (Å²) in [7, 11) is 0. The van der Waals surface area contributed by atoms with Crippen LogP contribution in [0.4, 0.5) is 0 Å². The van der Waals surface area contributed by atoms with Gasteiger partial charge in [0, 0.05) is 30.9 Å². The fraction of sp³-hybridized carbons (Fsp3) is 0. The van der Waals surface area contributed by atoms with Crippen molar-refractivity contribution in [1.82, 2.24) is 0 Å². The van der Waals surface area contributed by atoms with E-state index < -0.39 is 0 Å². The molecule has 11 aromatic carbocycles. The zero-order valence-corrected chi connectivity index (χ0v) is 32.1. The molecule has 0 aliphatic rings. The van der Waals surface area contributed by atoms with Crippen LogP contribution in [0, 0.1) is 0 Å². The van der Waals surface area contributed by atoms with E-state index in [1.54, 1.807) is 0 Å². The van der Waals surface area contributed by atoms with Gasteiger partial charge in [-0.25, -0.2) is 0 Å². The molecule has 0 unspecified atom stereocenters. The second-order valence-electron chi connectivity index (χ2n) is 15.5. The first-order valence-electron chi connectivity index (χ1n) is 19.9. The van der Waals surface area contributed by atoms with Gasteiger partial charge in [0.1, 0.15) is 11.2 Å². The van der Waals surface area contributed by atoms with Crippen molar-refractivity contribution in [1.29, 1.82) is 0 Å². The number of hydrogen-bond donors (Lipinski definition) is 0. The van der Waals surface area contributed by atoms with E-state index in [0.29, 0.717) is 0 Å². The van der Waals surface area contributed by atoms with Crippen LogP contribution in [0.2, 0.25) is 0 Å². The highest BCUT2D eigenvalue weighted by Gasteiger charge is 2.21. The molecule has 0 N–H and O–H groups in total. The Balaban J connectivity index is 0.996. The predicted molar refractivity (Wildman–Crippen MR) is 250 cm³/mol. The van der Waals surface area contributed by atoms with E-state index in [0.717, 1.165) is 11.2 Å². The molecule has 0 amide bonds. The highest BCUT2D eigenvalue weighted by atomic mass is 32.1. The van der Waals surface area contributed by atoms with Crippen molar-refractivity contribution in [2.45, 2.75) is 0 Å². The van der Waals surface area contributed by atoms with Crippen molar-refractivity contribution >= 4 is 107 Å². The second-order valence-corrected chi connectivity index (χ2v) is 16.6. The summed E-state index contributed by atoms with van der Waals surface area (Å²) in [6, 6.07) is 71.4. The summed E-state index contributed by atoms with van der Waals surface area (Å²) in [5, 5.41) is 17.5. The number of hydrogen-bond acceptors (Lipinski definition) is 2. The maximum Gasteiger partial charge on any atom is 0.136 e. The average molecular weight is 753 g/mol. The molecule has 2 heterocycles. The number of benzene rings is 11. The highest BCUT2D eigenvalue weighted by molar-refractivity contribution is 7.26. The molecule has 2 heteroatoms. The minimum atomic E-state index is 0.924. The number of thiophene rings is 1. The van der Waals surface area contributed by atoms with Crippen LogP contribution in [0.5, 0.6) is 0 Å². The van der Waals surface area contributed by atoms with Gasteiger partial charge in [0.15, 0.2) is 0 Å². The molecule has 2 aromatic heterocycles. The fourth-order valence-electron chi connectivity index (χ4n) is 9.92. The second kappa shape index (κ2) is 12.1. The van der Waals surface area contributed by atoms with E-state index in [9.17, 15) is 0 Å². The van der Waals surface area contributed by atoms with Crippen LogP contribution in [0.25, 0.3) is 129 Å². The van der Waals surface area contributed by atoms with Gasteiger partial charge in [0.25, 0.3) is 0 Å². The molecule has 0 saturated heterocycles. The molecule has 58 heavy (non-hydrogen) atoms. The van der Waals surface area contributed by atoms with Crippen LogP contribution in [-0.2, 0) is 0 Å². The Morgan fingerprint density at radius 2 is 0.879 bits per heavy atom. The average Bonchev–Trinajstić information content (AvgIpc) is 3.86. The molecule has 0 saturated carbocycles. The van der Waals surface area contributed by atoms with Crippen molar-refractivity contribution in [3.63, 3.8) is 0 Å². The molecule has 1 nitrogen and oxygen atoms in total. The Morgan fingerprint density at radius 1 is 0.293 bits per heavy atom. The largest absolute Gasteiger partial charge is 0.456 e. The fourth-order valence-corrected chi connectivity index (χ4v) is 11.0. The summed E-state index contributed by atoms with van der Waals surface area (Å²) in [4.78, 5) is 0. The maximum absolute atomic E-state index is 6.73. The molecular formula is C56H32OS. The van der Waals surface area contributed by atoms with E-state index in [1.807, 2.05) is 11.3 Å².